The van der Waals surface area contributed by atoms with Crippen molar-refractivity contribution in [2.75, 3.05) is 16.8 Å². The van der Waals surface area contributed by atoms with Gasteiger partial charge in [-0.25, -0.2) is 9.97 Å². The Bertz CT molecular complexity index is 325. The molecule has 0 N–H and O–H groups in total. The highest BCUT2D eigenvalue weighted by Crippen LogP contribution is 2.30. The molecule has 0 saturated heterocycles. The summed E-state index contributed by atoms with van der Waals surface area (Å²) in [6.07, 6.45) is 5.26. The first-order chi connectivity index (χ1) is 7.35. The van der Waals surface area contributed by atoms with Gasteiger partial charge in [-0.2, -0.15) is 0 Å². The summed E-state index contributed by atoms with van der Waals surface area (Å²) in [6.45, 7) is 3.16. The van der Waals surface area contributed by atoms with E-state index in [4.69, 9.17) is 0 Å². The largest absolute Gasteiger partial charge is 0.353 e. The fourth-order valence-corrected chi connectivity index (χ4v) is 2.08. The first-order valence-electron chi connectivity index (χ1n) is 5.48. The van der Waals surface area contributed by atoms with Crippen LogP contribution in [0.25, 0.3) is 0 Å². The molecule has 0 unspecified atom stereocenters. The van der Waals surface area contributed by atoms with Crippen LogP contribution in [0.4, 0.5) is 5.82 Å². The highest BCUT2D eigenvalue weighted by molar-refractivity contribution is 9.09. The molecule has 82 valence electrons. The first kappa shape index (κ1) is 10.9. The lowest BCUT2D eigenvalue weighted by Crippen LogP contribution is -2.28. The predicted molar refractivity (Wildman–Crippen MR) is 65.6 cm³/mol. The summed E-state index contributed by atoms with van der Waals surface area (Å²) >= 11 is 3.49. The second kappa shape index (κ2) is 4.92. The molecule has 1 saturated carbocycles. The van der Waals surface area contributed by atoms with Crippen LogP contribution in [0, 0.1) is 0 Å². The van der Waals surface area contributed by atoms with Crippen LogP contribution in [-0.4, -0.2) is 27.9 Å². The van der Waals surface area contributed by atoms with Crippen molar-refractivity contribution >= 4 is 21.7 Å². The SMILES string of the molecule is CCc1cc(N(CCBr)C2CC2)ncn1. The molecular weight excluding hydrogens is 254 g/mol. The third-order valence-corrected chi connectivity index (χ3v) is 3.03. The van der Waals surface area contributed by atoms with Crippen molar-refractivity contribution in [1.82, 2.24) is 9.97 Å². The summed E-state index contributed by atoms with van der Waals surface area (Å²) in [4.78, 5) is 11.0. The maximum atomic E-state index is 4.36. The monoisotopic (exact) mass is 269 g/mol. The Labute approximate surface area is 99.0 Å². The molecule has 1 aliphatic carbocycles. The summed E-state index contributed by atoms with van der Waals surface area (Å²) in [6, 6.07) is 2.82. The Kier molecular flexibility index (Phi) is 3.57. The van der Waals surface area contributed by atoms with Crippen molar-refractivity contribution in [3.8, 4) is 0 Å². The zero-order valence-electron chi connectivity index (χ0n) is 8.99. The van der Waals surface area contributed by atoms with Crippen LogP contribution < -0.4 is 4.90 Å². The van der Waals surface area contributed by atoms with Gasteiger partial charge in [0, 0.05) is 29.7 Å². The Hall–Kier alpha value is -0.640. The standard InChI is InChI=1S/C11H16BrN3/c1-2-9-7-11(14-8-13-9)15(6-5-12)10-3-4-10/h7-8,10H,2-6H2,1H3. The van der Waals surface area contributed by atoms with Crippen LogP contribution in [0.15, 0.2) is 12.4 Å². The number of alkyl halides is 1. The molecule has 0 atom stereocenters. The smallest absolute Gasteiger partial charge is 0.132 e. The molecule has 1 heterocycles. The molecule has 3 nitrogen and oxygen atoms in total. The number of anilines is 1. The molecule has 4 heteroatoms. The van der Waals surface area contributed by atoms with Gasteiger partial charge < -0.3 is 4.90 Å². The van der Waals surface area contributed by atoms with Crippen LogP contribution in [0.3, 0.4) is 0 Å². The number of rotatable bonds is 5. The minimum atomic E-state index is 0.710. The van der Waals surface area contributed by atoms with Crippen molar-refractivity contribution in [3.05, 3.63) is 18.1 Å². The van der Waals surface area contributed by atoms with Gasteiger partial charge in [-0.3, -0.25) is 0 Å². The van der Waals surface area contributed by atoms with Gasteiger partial charge in [-0.15, -0.1) is 0 Å². The number of nitrogens with zero attached hydrogens (tertiary/aromatic N) is 3. The first-order valence-corrected chi connectivity index (χ1v) is 6.60. The number of hydrogen-bond donors (Lipinski definition) is 0. The molecule has 0 bridgehead atoms. The Morgan fingerprint density at radius 3 is 2.87 bits per heavy atom. The highest BCUT2D eigenvalue weighted by atomic mass is 79.9. The van der Waals surface area contributed by atoms with Crippen LogP contribution >= 0.6 is 15.9 Å². The molecule has 1 aromatic rings. The van der Waals surface area contributed by atoms with E-state index in [0.29, 0.717) is 6.04 Å². The van der Waals surface area contributed by atoms with Gasteiger partial charge >= 0.3 is 0 Å². The summed E-state index contributed by atoms with van der Waals surface area (Å²) in [7, 11) is 0. The van der Waals surface area contributed by atoms with E-state index in [1.54, 1.807) is 6.33 Å². The van der Waals surface area contributed by atoms with Gasteiger partial charge in [0.1, 0.15) is 12.1 Å². The molecule has 1 fully saturated rings. The molecule has 0 aromatic carbocycles. The van der Waals surface area contributed by atoms with Gasteiger partial charge in [0.2, 0.25) is 0 Å². The average molecular weight is 270 g/mol. The Morgan fingerprint density at radius 1 is 1.47 bits per heavy atom. The lowest BCUT2D eigenvalue weighted by atomic mass is 10.3. The Balaban J connectivity index is 2.16. The van der Waals surface area contributed by atoms with Crippen LogP contribution in [-0.2, 0) is 6.42 Å². The molecule has 1 aromatic heterocycles. The number of hydrogen-bond acceptors (Lipinski definition) is 3. The van der Waals surface area contributed by atoms with Crippen molar-refractivity contribution < 1.29 is 0 Å². The van der Waals surface area contributed by atoms with Gasteiger partial charge in [-0.1, -0.05) is 22.9 Å². The lowest BCUT2D eigenvalue weighted by molar-refractivity contribution is 0.806. The van der Waals surface area contributed by atoms with E-state index in [9.17, 15) is 0 Å². The van der Waals surface area contributed by atoms with Gasteiger partial charge in [0.15, 0.2) is 0 Å². The fourth-order valence-electron chi connectivity index (χ4n) is 1.70. The summed E-state index contributed by atoms with van der Waals surface area (Å²) < 4.78 is 0. The molecule has 1 aliphatic rings. The second-order valence-electron chi connectivity index (χ2n) is 3.83. The minimum absolute atomic E-state index is 0.710. The molecule has 2 rings (SSSR count). The van der Waals surface area contributed by atoms with Gasteiger partial charge in [0.25, 0.3) is 0 Å². The van der Waals surface area contributed by atoms with E-state index >= 15 is 0 Å². The topological polar surface area (TPSA) is 29.0 Å². The van der Waals surface area contributed by atoms with Crippen molar-refractivity contribution in [2.45, 2.75) is 32.2 Å². The van der Waals surface area contributed by atoms with E-state index in [-0.39, 0.29) is 0 Å². The molecule has 0 amide bonds. The van der Waals surface area contributed by atoms with E-state index in [2.05, 4.69) is 43.8 Å². The third-order valence-electron chi connectivity index (χ3n) is 2.68. The lowest BCUT2D eigenvalue weighted by Gasteiger charge is -2.22. The number of aryl methyl sites for hydroxylation is 1. The summed E-state index contributed by atoms with van der Waals surface area (Å²) in [5.74, 6) is 1.09. The maximum absolute atomic E-state index is 4.36. The second-order valence-corrected chi connectivity index (χ2v) is 4.63. The highest BCUT2D eigenvalue weighted by Gasteiger charge is 2.29. The average Bonchev–Trinajstić information content (AvgIpc) is 3.10. The quantitative estimate of drug-likeness (QED) is 0.769. The van der Waals surface area contributed by atoms with E-state index in [0.717, 1.165) is 29.8 Å². The van der Waals surface area contributed by atoms with Crippen LogP contribution in [0.5, 0.6) is 0 Å². The predicted octanol–water partition coefficient (Wildman–Crippen LogP) is 2.40. The van der Waals surface area contributed by atoms with Crippen molar-refractivity contribution in [2.24, 2.45) is 0 Å². The van der Waals surface area contributed by atoms with Crippen LogP contribution in [0.2, 0.25) is 0 Å². The van der Waals surface area contributed by atoms with E-state index < -0.39 is 0 Å². The zero-order chi connectivity index (χ0) is 10.7. The van der Waals surface area contributed by atoms with E-state index in [1.165, 1.54) is 12.8 Å². The van der Waals surface area contributed by atoms with E-state index in [1.807, 2.05) is 0 Å². The molecule has 0 spiro atoms. The molecular formula is C11H16BrN3. The normalized spacial score (nSPS) is 15.3. The number of halogens is 1. The third kappa shape index (κ3) is 2.68. The Morgan fingerprint density at radius 2 is 2.27 bits per heavy atom. The van der Waals surface area contributed by atoms with Crippen molar-refractivity contribution in [3.63, 3.8) is 0 Å². The molecule has 0 radical (unpaired) electrons. The van der Waals surface area contributed by atoms with Gasteiger partial charge in [0.05, 0.1) is 0 Å². The number of aromatic nitrogens is 2. The summed E-state index contributed by atoms with van der Waals surface area (Å²) in [5.41, 5.74) is 1.13. The molecule has 0 aliphatic heterocycles. The van der Waals surface area contributed by atoms with Gasteiger partial charge in [-0.05, 0) is 19.3 Å². The zero-order valence-corrected chi connectivity index (χ0v) is 10.6. The fraction of sp³-hybridized carbons (Fsp3) is 0.636. The maximum Gasteiger partial charge on any atom is 0.132 e. The van der Waals surface area contributed by atoms with Crippen LogP contribution in [0.1, 0.15) is 25.5 Å². The minimum Gasteiger partial charge on any atom is -0.353 e. The van der Waals surface area contributed by atoms with Crippen molar-refractivity contribution in [1.29, 1.82) is 0 Å². The summed E-state index contributed by atoms with van der Waals surface area (Å²) in [5, 5.41) is 0.995. The molecule has 15 heavy (non-hydrogen) atoms.